The lowest BCUT2D eigenvalue weighted by atomic mass is 10.2. The largest absolute Gasteiger partial charge is 0.352 e. The Morgan fingerprint density at radius 1 is 0.958 bits per heavy atom. The van der Waals surface area contributed by atoms with Gasteiger partial charge in [0.15, 0.2) is 0 Å². The van der Waals surface area contributed by atoms with Crippen LogP contribution in [0.1, 0.15) is 13.8 Å². The molecule has 122 valence electrons. The number of nitrogens with one attached hydrogen (secondary N) is 2. The molecule has 0 unspecified atom stereocenters. The molecular formula is C18H18BrN5. The van der Waals surface area contributed by atoms with Crippen molar-refractivity contribution in [3.63, 3.8) is 0 Å². The van der Waals surface area contributed by atoms with Crippen molar-refractivity contribution in [2.45, 2.75) is 19.9 Å². The van der Waals surface area contributed by atoms with Crippen LogP contribution in [0.15, 0.2) is 59.2 Å². The first-order valence-electron chi connectivity index (χ1n) is 7.70. The zero-order valence-electron chi connectivity index (χ0n) is 13.5. The molecule has 0 saturated heterocycles. The number of aromatic nitrogens is 3. The second-order valence-electron chi connectivity index (χ2n) is 5.61. The molecule has 2 heterocycles. The van der Waals surface area contributed by atoms with E-state index in [4.69, 9.17) is 0 Å². The van der Waals surface area contributed by atoms with E-state index in [2.05, 4.69) is 55.4 Å². The average molecular weight is 384 g/mol. The summed E-state index contributed by atoms with van der Waals surface area (Å²) < 4.78 is 1.01. The molecule has 3 aromatic rings. The first kappa shape index (κ1) is 16.4. The van der Waals surface area contributed by atoms with Gasteiger partial charge in [-0.2, -0.15) is 4.98 Å². The highest BCUT2D eigenvalue weighted by Gasteiger charge is 2.09. The zero-order valence-corrected chi connectivity index (χ0v) is 15.1. The predicted octanol–water partition coefficient (Wildman–Crippen LogP) is 4.87. The smallest absolute Gasteiger partial charge is 0.225 e. The van der Waals surface area contributed by atoms with E-state index in [9.17, 15) is 0 Å². The van der Waals surface area contributed by atoms with Crippen molar-refractivity contribution in [2.24, 2.45) is 0 Å². The second kappa shape index (κ2) is 7.40. The van der Waals surface area contributed by atoms with Gasteiger partial charge < -0.3 is 10.6 Å². The van der Waals surface area contributed by atoms with Crippen LogP contribution in [0, 0.1) is 0 Å². The van der Waals surface area contributed by atoms with Crippen molar-refractivity contribution in [2.75, 3.05) is 10.6 Å². The number of anilines is 3. The van der Waals surface area contributed by atoms with E-state index in [1.165, 1.54) is 0 Å². The number of hydrogen-bond donors (Lipinski definition) is 2. The number of hydrogen-bond acceptors (Lipinski definition) is 5. The van der Waals surface area contributed by atoms with Crippen molar-refractivity contribution < 1.29 is 0 Å². The molecule has 0 spiro atoms. The van der Waals surface area contributed by atoms with Gasteiger partial charge in [-0.1, -0.05) is 28.1 Å². The zero-order chi connectivity index (χ0) is 16.9. The third-order valence-electron chi connectivity index (χ3n) is 3.17. The van der Waals surface area contributed by atoms with E-state index in [0.29, 0.717) is 11.8 Å². The van der Waals surface area contributed by atoms with Gasteiger partial charge in [-0.15, -0.1) is 0 Å². The van der Waals surface area contributed by atoms with Gasteiger partial charge in [0.1, 0.15) is 5.82 Å². The molecule has 0 aliphatic rings. The van der Waals surface area contributed by atoms with Crippen molar-refractivity contribution in [1.29, 1.82) is 0 Å². The third-order valence-corrected chi connectivity index (χ3v) is 3.66. The van der Waals surface area contributed by atoms with Crippen LogP contribution in [0.25, 0.3) is 11.4 Å². The van der Waals surface area contributed by atoms with Crippen LogP contribution in [-0.2, 0) is 0 Å². The van der Waals surface area contributed by atoms with Gasteiger partial charge in [0.05, 0.1) is 11.4 Å². The van der Waals surface area contributed by atoms with Crippen LogP contribution < -0.4 is 10.6 Å². The molecule has 0 amide bonds. The SMILES string of the molecule is CC(C)Nc1nc(Nc2cccc(Br)c2)cc(-c2ccccn2)n1. The number of benzene rings is 1. The molecule has 2 aromatic heterocycles. The molecule has 0 radical (unpaired) electrons. The van der Waals surface area contributed by atoms with Crippen LogP contribution in [0.5, 0.6) is 0 Å². The minimum atomic E-state index is 0.239. The van der Waals surface area contributed by atoms with E-state index in [1.54, 1.807) is 6.20 Å². The van der Waals surface area contributed by atoms with Crippen LogP contribution >= 0.6 is 15.9 Å². The molecule has 2 N–H and O–H groups in total. The van der Waals surface area contributed by atoms with E-state index >= 15 is 0 Å². The number of rotatable bonds is 5. The lowest BCUT2D eigenvalue weighted by Gasteiger charge is -2.13. The van der Waals surface area contributed by atoms with Crippen LogP contribution in [-0.4, -0.2) is 21.0 Å². The van der Waals surface area contributed by atoms with Crippen LogP contribution in [0.3, 0.4) is 0 Å². The van der Waals surface area contributed by atoms with Gasteiger partial charge in [-0.25, -0.2) is 4.98 Å². The molecule has 0 saturated carbocycles. The van der Waals surface area contributed by atoms with Crippen LogP contribution in [0.4, 0.5) is 17.5 Å². The first-order chi connectivity index (χ1) is 11.6. The summed E-state index contributed by atoms with van der Waals surface area (Å²) >= 11 is 3.48. The van der Waals surface area contributed by atoms with Gasteiger partial charge >= 0.3 is 0 Å². The van der Waals surface area contributed by atoms with E-state index in [1.807, 2.05) is 48.5 Å². The molecule has 0 bridgehead atoms. The molecule has 24 heavy (non-hydrogen) atoms. The Balaban J connectivity index is 1.98. The number of nitrogens with zero attached hydrogens (tertiary/aromatic N) is 3. The predicted molar refractivity (Wildman–Crippen MR) is 101 cm³/mol. The summed E-state index contributed by atoms with van der Waals surface area (Å²) in [7, 11) is 0. The second-order valence-corrected chi connectivity index (χ2v) is 6.53. The quantitative estimate of drug-likeness (QED) is 0.658. The van der Waals surface area contributed by atoms with Gasteiger partial charge in [-0.05, 0) is 44.2 Å². The minimum Gasteiger partial charge on any atom is -0.352 e. The Hall–Kier alpha value is -2.47. The summed E-state index contributed by atoms with van der Waals surface area (Å²) in [5.41, 5.74) is 2.53. The Kier molecular flexibility index (Phi) is 5.05. The Morgan fingerprint density at radius 3 is 2.54 bits per heavy atom. The third kappa shape index (κ3) is 4.29. The fraction of sp³-hybridized carbons (Fsp3) is 0.167. The van der Waals surface area contributed by atoms with Crippen molar-refractivity contribution in [3.8, 4) is 11.4 Å². The van der Waals surface area contributed by atoms with Gasteiger partial charge in [-0.3, -0.25) is 4.98 Å². The Bertz CT molecular complexity index is 821. The van der Waals surface area contributed by atoms with Gasteiger partial charge in [0, 0.05) is 28.5 Å². The summed E-state index contributed by atoms with van der Waals surface area (Å²) in [5.74, 6) is 1.29. The maximum Gasteiger partial charge on any atom is 0.225 e. The van der Waals surface area contributed by atoms with Crippen molar-refractivity contribution in [1.82, 2.24) is 15.0 Å². The molecule has 0 atom stereocenters. The summed E-state index contributed by atoms with van der Waals surface area (Å²) in [6, 6.07) is 15.8. The first-order valence-corrected chi connectivity index (χ1v) is 8.49. The summed E-state index contributed by atoms with van der Waals surface area (Å²) in [6.45, 7) is 4.11. The highest BCUT2D eigenvalue weighted by Crippen LogP contribution is 2.24. The fourth-order valence-electron chi connectivity index (χ4n) is 2.19. The van der Waals surface area contributed by atoms with E-state index in [0.717, 1.165) is 21.5 Å². The Morgan fingerprint density at radius 2 is 1.83 bits per heavy atom. The van der Waals surface area contributed by atoms with E-state index < -0.39 is 0 Å². The molecule has 3 rings (SSSR count). The fourth-order valence-corrected chi connectivity index (χ4v) is 2.59. The summed E-state index contributed by atoms with van der Waals surface area (Å²) in [4.78, 5) is 13.5. The lowest BCUT2D eigenvalue weighted by Crippen LogP contribution is -2.13. The monoisotopic (exact) mass is 383 g/mol. The standard InChI is InChI=1S/C18H18BrN5/c1-12(2)21-18-23-16(15-8-3-4-9-20-15)11-17(24-18)22-14-7-5-6-13(19)10-14/h3-12H,1-2H3,(H2,21,22,23,24). The Labute approximate surface area is 149 Å². The summed E-state index contributed by atoms with van der Waals surface area (Å²) in [5, 5.41) is 6.57. The van der Waals surface area contributed by atoms with Crippen molar-refractivity contribution in [3.05, 3.63) is 59.2 Å². The molecule has 0 aliphatic carbocycles. The molecule has 6 heteroatoms. The molecule has 5 nitrogen and oxygen atoms in total. The van der Waals surface area contributed by atoms with E-state index in [-0.39, 0.29) is 6.04 Å². The molecule has 0 fully saturated rings. The highest BCUT2D eigenvalue weighted by atomic mass is 79.9. The van der Waals surface area contributed by atoms with Crippen molar-refractivity contribution >= 4 is 33.4 Å². The molecule has 1 aromatic carbocycles. The topological polar surface area (TPSA) is 62.7 Å². The maximum absolute atomic E-state index is 4.57. The lowest BCUT2D eigenvalue weighted by molar-refractivity contribution is 0.875. The highest BCUT2D eigenvalue weighted by molar-refractivity contribution is 9.10. The summed E-state index contributed by atoms with van der Waals surface area (Å²) in [6.07, 6.45) is 1.76. The average Bonchev–Trinajstić information content (AvgIpc) is 2.55. The maximum atomic E-state index is 4.57. The molecule has 0 aliphatic heterocycles. The van der Waals surface area contributed by atoms with Gasteiger partial charge in [0.2, 0.25) is 5.95 Å². The van der Waals surface area contributed by atoms with Crippen LogP contribution in [0.2, 0.25) is 0 Å². The normalized spacial score (nSPS) is 10.7. The minimum absolute atomic E-state index is 0.239. The van der Waals surface area contributed by atoms with Gasteiger partial charge in [0.25, 0.3) is 0 Å². The number of pyridine rings is 1. The number of halogens is 1. The molecular weight excluding hydrogens is 366 g/mol.